The Bertz CT molecular complexity index is 1920. The van der Waals surface area contributed by atoms with Crippen molar-refractivity contribution in [3.05, 3.63) is 102 Å². The Morgan fingerprint density at radius 3 is 1.46 bits per heavy atom. The molecule has 18 heteroatoms. The van der Waals surface area contributed by atoms with Gasteiger partial charge < -0.3 is 58.7 Å². The summed E-state index contributed by atoms with van der Waals surface area (Å²) in [6, 6.07) is 14.6. The van der Waals surface area contributed by atoms with Crippen molar-refractivity contribution in [2.75, 3.05) is 6.54 Å². The van der Waals surface area contributed by atoms with Crippen molar-refractivity contribution < 1.29 is 48.9 Å². The maximum atomic E-state index is 14.0. The van der Waals surface area contributed by atoms with E-state index in [4.69, 9.17) is 11.5 Å². The zero-order valence-corrected chi connectivity index (χ0v) is 34.5. The maximum absolute atomic E-state index is 14.0. The van der Waals surface area contributed by atoms with Crippen LogP contribution in [0.5, 0.6) is 5.75 Å². The lowest BCUT2D eigenvalue weighted by Crippen LogP contribution is -2.61. The van der Waals surface area contributed by atoms with E-state index in [2.05, 4.69) is 31.9 Å². The van der Waals surface area contributed by atoms with Crippen LogP contribution >= 0.6 is 0 Å². The van der Waals surface area contributed by atoms with Crippen LogP contribution in [-0.4, -0.2) is 112 Å². The van der Waals surface area contributed by atoms with Gasteiger partial charge in [-0.25, -0.2) is 4.79 Å². The number of amides is 6. The van der Waals surface area contributed by atoms with Crippen LogP contribution in [0.4, 0.5) is 0 Å². The minimum atomic E-state index is -1.57. The van der Waals surface area contributed by atoms with E-state index >= 15 is 0 Å². The number of carboxylic acids is 1. The van der Waals surface area contributed by atoms with Gasteiger partial charge in [0.1, 0.15) is 42.0 Å². The van der Waals surface area contributed by atoms with Crippen LogP contribution in [0.15, 0.2) is 84.9 Å². The summed E-state index contributed by atoms with van der Waals surface area (Å²) in [4.78, 5) is 92.4. The number of aliphatic hydroxyl groups excluding tert-OH is 1. The zero-order chi connectivity index (χ0) is 45.1. The second-order valence-corrected chi connectivity index (χ2v) is 14.9. The van der Waals surface area contributed by atoms with Gasteiger partial charge in [0.15, 0.2) is 0 Å². The summed E-state index contributed by atoms with van der Waals surface area (Å²) < 4.78 is 0. The highest BCUT2D eigenvalue weighted by Crippen LogP contribution is 2.12. The largest absolute Gasteiger partial charge is 0.508 e. The van der Waals surface area contributed by atoms with Gasteiger partial charge in [0, 0.05) is 12.8 Å². The van der Waals surface area contributed by atoms with Crippen molar-refractivity contribution in [2.24, 2.45) is 11.5 Å². The van der Waals surface area contributed by atoms with Crippen LogP contribution in [0.1, 0.15) is 56.7 Å². The fourth-order valence-electron chi connectivity index (χ4n) is 6.13. The molecule has 0 heterocycles. The first-order valence-electron chi connectivity index (χ1n) is 20.0. The van der Waals surface area contributed by atoms with E-state index in [0.29, 0.717) is 36.1 Å². The number of benzene rings is 3. The summed E-state index contributed by atoms with van der Waals surface area (Å²) in [6.07, 6.45) is -0.268. The monoisotopic (exact) mass is 846 g/mol. The molecule has 3 aromatic rings. The molecule has 0 aliphatic heterocycles. The van der Waals surface area contributed by atoms with Gasteiger partial charge in [-0.1, -0.05) is 72.8 Å². The van der Waals surface area contributed by atoms with Crippen molar-refractivity contribution in [1.29, 1.82) is 0 Å². The standard InChI is InChI=1S/C43H58N8O10/c1-25(47-42(59)36(27(3)52)51-38(55)26(2)46-39(56)32(45)22-30-17-19-31(53)20-18-30)37(54)49-34(23-28-12-6-4-7-13-28)41(58)50-35(24-29-14-8-5-9-15-29)40(57)48-33(43(60)61)16-10-11-21-44/h4-9,12-15,17-20,25-27,32-36,52-53H,10-11,16,21-24,44-45H2,1-3H3,(H,46,56)(H,47,59)(H,48,57)(H,49,54)(H,50,58)(H,51,55)(H,60,61)/t25-,26-,27+,32-,33-,34-,35-,36-/m0/s1. The second kappa shape index (κ2) is 24.6. The lowest BCUT2D eigenvalue weighted by atomic mass is 10.0. The number of carbonyl (C=O) groups is 7. The number of phenolic OH excluding ortho intramolecular Hbond substituents is 1. The Kier molecular flexibility index (Phi) is 19.8. The molecule has 0 bridgehead atoms. The van der Waals surface area contributed by atoms with Gasteiger partial charge >= 0.3 is 5.97 Å². The minimum absolute atomic E-state index is 0.00657. The van der Waals surface area contributed by atoms with E-state index in [-0.39, 0.29) is 31.4 Å². The molecule has 0 aromatic heterocycles. The Morgan fingerprint density at radius 1 is 0.541 bits per heavy atom. The first-order chi connectivity index (χ1) is 29.0. The van der Waals surface area contributed by atoms with Crippen LogP contribution in [0.3, 0.4) is 0 Å². The first kappa shape index (κ1) is 49.0. The van der Waals surface area contributed by atoms with Crippen LogP contribution < -0.4 is 43.4 Å². The van der Waals surface area contributed by atoms with E-state index in [9.17, 15) is 48.9 Å². The third-order valence-electron chi connectivity index (χ3n) is 9.69. The number of aromatic hydroxyl groups is 1. The van der Waals surface area contributed by atoms with Crippen molar-refractivity contribution in [3.8, 4) is 5.75 Å². The molecule has 0 unspecified atom stereocenters. The first-order valence-corrected chi connectivity index (χ1v) is 20.0. The zero-order valence-electron chi connectivity index (χ0n) is 34.5. The van der Waals surface area contributed by atoms with Gasteiger partial charge in [0.2, 0.25) is 35.4 Å². The van der Waals surface area contributed by atoms with E-state index in [1.54, 1.807) is 72.8 Å². The number of carbonyl (C=O) groups excluding carboxylic acids is 6. The molecule has 8 atom stereocenters. The summed E-state index contributed by atoms with van der Waals surface area (Å²) in [5, 5.41) is 44.9. The van der Waals surface area contributed by atoms with Gasteiger partial charge in [0.25, 0.3) is 0 Å². The SMILES string of the molecule is C[C@H](NC(=O)[C@@H](NC(=O)[C@H](C)NC(=O)[C@@H](N)Cc1ccc(O)cc1)[C@@H](C)O)C(=O)N[C@@H](Cc1ccccc1)C(=O)N[C@@H](Cc1ccccc1)C(=O)N[C@@H](CCCCN)C(=O)O. The van der Waals surface area contributed by atoms with E-state index in [1.165, 1.54) is 32.9 Å². The van der Waals surface area contributed by atoms with Crippen LogP contribution in [0.2, 0.25) is 0 Å². The average Bonchev–Trinajstić information content (AvgIpc) is 3.22. The van der Waals surface area contributed by atoms with Crippen molar-refractivity contribution in [3.63, 3.8) is 0 Å². The van der Waals surface area contributed by atoms with Crippen molar-refractivity contribution >= 4 is 41.4 Å². The van der Waals surface area contributed by atoms with Crippen LogP contribution in [-0.2, 0) is 52.8 Å². The average molecular weight is 847 g/mol. The summed E-state index contributed by atoms with van der Waals surface area (Å²) >= 11 is 0. The Morgan fingerprint density at radius 2 is 0.984 bits per heavy atom. The fourth-order valence-corrected chi connectivity index (χ4v) is 6.13. The summed E-state index contributed by atoms with van der Waals surface area (Å²) in [5.41, 5.74) is 13.6. The molecule has 0 radical (unpaired) electrons. The second-order valence-electron chi connectivity index (χ2n) is 14.9. The van der Waals surface area contributed by atoms with Crippen LogP contribution in [0.25, 0.3) is 0 Å². The number of hydrogen-bond donors (Lipinski definition) is 11. The Labute approximate surface area is 354 Å². The molecule has 0 fully saturated rings. The Hall–Kier alpha value is -6.37. The highest BCUT2D eigenvalue weighted by molar-refractivity contribution is 5.97. The normalized spacial score (nSPS) is 14.9. The summed E-state index contributed by atoms with van der Waals surface area (Å²) in [5.74, 6) is -5.98. The lowest BCUT2D eigenvalue weighted by molar-refractivity contribution is -0.142. The molecule has 0 aliphatic rings. The van der Waals surface area contributed by atoms with Gasteiger partial charge in [-0.3, -0.25) is 28.8 Å². The third kappa shape index (κ3) is 16.7. The summed E-state index contributed by atoms with van der Waals surface area (Å²) in [6.45, 7) is 4.27. The molecule has 3 rings (SSSR count). The number of aliphatic hydroxyl groups is 1. The highest BCUT2D eigenvalue weighted by Gasteiger charge is 2.33. The molecule has 0 spiro atoms. The molecule has 61 heavy (non-hydrogen) atoms. The number of unbranched alkanes of at least 4 members (excludes halogenated alkanes) is 1. The topological polar surface area (TPSA) is 304 Å². The minimum Gasteiger partial charge on any atom is -0.508 e. The van der Waals surface area contributed by atoms with E-state index in [1.807, 2.05) is 0 Å². The molecule has 3 aromatic carbocycles. The maximum Gasteiger partial charge on any atom is 0.326 e. The molecular formula is C43H58N8O10. The molecule has 0 saturated carbocycles. The molecule has 6 amide bonds. The lowest BCUT2D eigenvalue weighted by Gasteiger charge is -2.27. The molecule has 0 aliphatic carbocycles. The van der Waals surface area contributed by atoms with E-state index < -0.39 is 89.8 Å². The molecule has 13 N–H and O–H groups in total. The van der Waals surface area contributed by atoms with Crippen LogP contribution in [0, 0.1) is 0 Å². The highest BCUT2D eigenvalue weighted by atomic mass is 16.4. The summed E-state index contributed by atoms with van der Waals surface area (Å²) in [7, 11) is 0. The Balaban J connectivity index is 1.72. The number of rotatable bonds is 24. The van der Waals surface area contributed by atoms with Gasteiger partial charge in [-0.15, -0.1) is 0 Å². The number of phenols is 1. The van der Waals surface area contributed by atoms with E-state index in [0.717, 1.165) is 0 Å². The number of carboxylic acid groups (broad SMARTS) is 1. The molecule has 18 nitrogen and oxygen atoms in total. The van der Waals surface area contributed by atoms with Crippen molar-refractivity contribution in [1.82, 2.24) is 31.9 Å². The van der Waals surface area contributed by atoms with Gasteiger partial charge in [-0.2, -0.15) is 0 Å². The van der Waals surface area contributed by atoms with Crippen molar-refractivity contribution in [2.45, 2.75) is 108 Å². The van der Waals surface area contributed by atoms with Gasteiger partial charge in [0.05, 0.1) is 12.1 Å². The predicted molar refractivity (Wildman–Crippen MR) is 225 cm³/mol. The number of nitrogens with two attached hydrogens (primary N) is 2. The quantitative estimate of drug-likeness (QED) is 0.0499. The number of hydrogen-bond acceptors (Lipinski definition) is 11. The third-order valence-corrected chi connectivity index (χ3v) is 9.69. The molecule has 330 valence electrons. The molecular weight excluding hydrogens is 789 g/mol. The predicted octanol–water partition coefficient (Wildman–Crippen LogP) is -0.710. The van der Waals surface area contributed by atoms with Gasteiger partial charge in [-0.05, 0) is 81.8 Å². The smallest absolute Gasteiger partial charge is 0.326 e. The fraction of sp³-hybridized carbons (Fsp3) is 0.419. The number of aliphatic carboxylic acids is 1. The molecule has 0 saturated heterocycles. The number of nitrogens with one attached hydrogen (secondary N) is 6.